The summed E-state index contributed by atoms with van der Waals surface area (Å²) in [4.78, 5) is 0.331. The number of aryl methyl sites for hydroxylation is 3. The Balaban J connectivity index is 1.46. The van der Waals surface area contributed by atoms with Gasteiger partial charge in [0.25, 0.3) is 0 Å². The Hall–Kier alpha value is -3.63. The second-order valence-corrected chi connectivity index (χ2v) is 12.5. The maximum Gasteiger partial charge on any atom is 0.503 e. The van der Waals surface area contributed by atoms with Gasteiger partial charge in [-0.3, -0.25) is 4.83 Å². The first-order valence-electron chi connectivity index (χ1n) is 13.9. The van der Waals surface area contributed by atoms with Crippen molar-refractivity contribution in [3.63, 3.8) is 0 Å². The molecule has 0 N–H and O–H groups in total. The van der Waals surface area contributed by atoms with E-state index in [2.05, 4.69) is 31.2 Å². The summed E-state index contributed by atoms with van der Waals surface area (Å²) in [6.45, 7) is 2.23. The van der Waals surface area contributed by atoms with Crippen LogP contribution in [0.25, 0.3) is 17.6 Å². The fourth-order valence-electron chi connectivity index (χ4n) is 5.83. The van der Waals surface area contributed by atoms with Crippen LogP contribution in [0, 0.1) is 11.1 Å². The Kier molecular flexibility index (Phi) is 7.37. The van der Waals surface area contributed by atoms with Crippen molar-refractivity contribution in [2.45, 2.75) is 39.0 Å². The highest BCUT2D eigenvalue weighted by Gasteiger charge is 2.34. The summed E-state index contributed by atoms with van der Waals surface area (Å²) in [5.41, 5.74) is 8.32. The van der Waals surface area contributed by atoms with E-state index in [1.807, 2.05) is 72.8 Å². The van der Waals surface area contributed by atoms with Gasteiger partial charge in [-0.15, -0.1) is 0 Å². The molecule has 0 spiro atoms. The van der Waals surface area contributed by atoms with Crippen LogP contribution in [0.4, 0.5) is 0 Å². The van der Waals surface area contributed by atoms with Crippen LogP contribution in [0.2, 0.25) is 0 Å². The van der Waals surface area contributed by atoms with E-state index >= 15 is 0 Å². The van der Waals surface area contributed by atoms with Crippen LogP contribution < -0.4 is 0 Å². The van der Waals surface area contributed by atoms with Gasteiger partial charge in [0, 0.05) is 11.1 Å². The van der Waals surface area contributed by atoms with Gasteiger partial charge in [-0.25, -0.2) is 4.57 Å². The number of rotatable bonds is 5. The smallest absolute Gasteiger partial charge is 0.503 e. The Labute approximate surface area is 236 Å². The zero-order chi connectivity index (χ0) is 27.7. The van der Waals surface area contributed by atoms with Gasteiger partial charge in [0.2, 0.25) is 0 Å². The molecule has 6 heteroatoms. The molecule has 0 bridgehead atoms. The lowest BCUT2D eigenvalue weighted by Crippen LogP contribution is -2.14. The second kappa shape index (κ2) is 11.1. The predicted octanol–water partition coefficient (Wildman–Crippen LogP) is 8.73. The van der Waals surface area contributed by atoms with E-state index in [0.29, 0.717) is 22.3 Å². The van der Waals surface area contributed by atoms with Crippen molar-refractivity contribution in [1.82, 2.24) is 4.83 Å². The molecule has 0 aromatic heterocycles. The third kappa shape index (κ3) is 5.25. The standard InChI is InChI=1S/C34H33NO4P/c1-24-10-9-15-29-23-34(32-17-8-6-13-27(32)20-21-30(24)29)39-40(37,35(2)36)38-33-22-28-14-4-3-11-25(28)18-19-26-12-5-7-16-31(26)33/h3-9,11-17,22-24H,10,18-21H2,1-2H3/q-1. The van der Waals surface area contributed by atoms with Gasteiger partial charge in [0.15, 0.2) is 0 Å². The van der Waals surface area contributed by atoms with Crippen molar-refractivity contribution in [3.05, 3.63) is 141 Å². The third-order valence-corrected chi connectivity index (χ3v) is 9.59. The van der Waals surface area contributed by atoms with Crippen LogP contribution in [-0.4, -0.2) is 11.9 Å². The quantitative estimate of drug-likeness (QED) is 0.235. The average molecular weight is 551 g/mol. The van der Waals surface area contributed by atoms with Crippen molar-refractivity contribution in [1.29, 1.82) is 0 Å². The van der Waals surface area contributed by atoms with Gasteiger partial charge < -0.3 is 14.3 Å². The summed E-state index contributed by atoms with van der Waals surface area (Å²) in [7, 11) is -3.19. The molecule has 204 valence electrons. The SMILES string of the molecule is CC1CC=CC2=C1CCc1ccccc1C(OP(=O)(OC1=Cc3ccccc3CCc3ccccc31)N(C)[O-])=C2. The van der Waals surface area contributed by atoms with Crippen LogP contribution in [0.3, 0.4) is 0 Å². The maximum absolute atomic E-state index is 14.5. The summed E-state index contributed by atoms with van der Waals surface area (Å²) < 4.78 is 27.0. The summed E-state index contributed by atoms with van der Waals surface area (Å²) >= 11 is 0. The van der Waals surface area contributed by atoms with Crippen molar-refractivity contribution in [2.75, 3.05) is 7.05 Å². The molecule has 40 heavy (non-hydrogen) atoms. The van der Waals surface area contributed by atoms with E-state index in [1.165, 1.54) is 18.2 Å². The Morgan fingerprint density at radius 1 is 0.775 bits per heavy atom. The van der Waals surface area contributed by atoms with Crippen molar-refractivity contribution in [2.24, 2.45) is 5.92 Å². The van der Waals surface area contributed by atoms with Gasteiger partial charge in [0.1, 0.15) is 11.5 Å². The van der Waals surface area contributed by atoms with Crippen LogP contribution in [0.15, 0.2) is 102 Å². The highest BCUT2D eigenvalue weighted by atomic mass is 31.2. The minimum Gasteiger partial charge on any atom is -0.775 e. The van der Waals surface area contributed by atoms with E-state index < -0.39 is 7.75 Å². The number of hydrogen-bond acceptors (Lipinski definition) is 4. The Bertz CT molecular complexity index is 1610. The lowest BCUT2D eigenvalue weighted by Gasteiger charge is -2.34. The molecule has 6 rings (SSSR count). The zero-order valence-corrected chi connectivity index (χ0v) is 23.8. The molecule has 0 fully saturated rings. The second-order valence-electron chi connectivity index (χ2n) is 10.7. The number of nitrogens with zero attached hydrogens (tertiary/aromatic N) is 1. The van der Waals surface area contributed by atoms with E-state index in [1.54, 1.807) is 0 Å². The minimum atomic E-state index is -4.39. The van der Waals surface area contributed by atoms with Crippen LogP contribution in [0.1, 0.15) is 53.1 Å². The summed E-state index contributed by atoms with van der Waals surface area (Å²) in [6.07, 6.45) is 12.5. The number of hydrogen-bond donors (Lipinski definition) is 0. The van der Waals surface area contributed by atoms with Crippen LogP contribution in [-0.2, 0) is 32.9 Å². The van der Waals surface area contributed by atoms with Gasteiger partial charge >= 0.3 is 7.75 Å². The van der Waals surface area contributed by atoms with Crippen LogP contribution >= 0.6 is 7.75 Å². The predicted molar refractivity (Wildman–Crippen MR) is 162 cm³/mol. The molecule has 2 atom stereocenters. The van der Waals surface area contributed by atoms with Crippen molar-refractivity contribution < 1.29 is 13.6 Å². The lowest BCUT2D eigenvalue weighted by atomic mass is 9.82. The highest BCUT2D eigenvalue weighted by molar-refractivity contribution is 7.52. The number of hydroxylamine groups is 1. The molecule has 0 saturated heterocycles. The third-order valence-electron chi connectivity index (χ3n) is 8.05. The monoisotopic (exact) mass is 550 g/mol. The maximum atomic E-state index is 14.5. The fraction of sp³-hybridized carbons (Fsp3) is 0.235. The van der Waals surface area contributed by atoms with E-state index in [9.17, 15) is 9.77 Å². The topological polar surface area (TPSA) is 61.8 Å². The molecular formula is C34H33NO4P-. The molecule has 3 aliphatic carbocycles. The number of benzene rings is 3. The Morgan fingerprint density at radius 2 is 1.32 bits per heavy atom. The highest BCUT2D eigenvalue weighted by Crippen LogP contribution is 2.58. The molecule has 0 radical (unpaired) electrons. The molecule has 5 nitrogen and oxygen atoms in total. The van der Waals surface area contributed by atoms with Gasteiger partial charge in [0.05, 0.1) is 0 Å². The minimum absolute atomic E-state index is 0.331. The first-order chi connectivity index (χ1) is 19.4. The molecule has 0 heterocycles. The molecule has 3 aromatic rings. The average Bonchev–Trinajstić information content (AvgIpc) is 2.94. The van der Waals surface area contributed by atoms with Gasteiger partial charge in [-0.1, -0.05) is 97.4 Å². The van der Waals surface area contributed by atoms with Crippen molar-refractivity contribution in [3.8, 4) is 0 Å². The molecule has 2 unspecified atom stereocenters. The fourth-order valence-corrected chi connectivity index (χ4v) is 6.90. The summed E-state index contributed by atoms with van der Waals surface area (Å²) in [5, 5.41) is 13.0. The van der Waals surface area contributed by atoms with Gasteiger partial charge in [-0.05, 0) is 85.0 Å². The molecular weight excluding hydrogens is 517 g/mol. The summed E-state index contributed by atoms with van der Waals surface area (Å²) in [6, 6.07) is 23.9. The molecule has 0 amide bonds. The van der Waals surface area contributed by atoms with E-state index in [0.717, 1.165) is 65.5 Å². The number of allylic oxidation sites excluding steroid dienone is 5. The Morgan fingerprint density at radius 3 is 2.00 bits per heavy atom. The lowest BCUT2D eigenvalue weighted by molar-refractivity contribution is 0.306. The normalized spacial score (nSPS) is 19.8. The zero-order valence-electron chi connectivity index (χ0n) is 22.9. The number of fused-ring (bicyclic) bond motifs is 3. The largest absolute Gasteiger partial charge is 0.775 e. The van der Waals surface area contributed by atoms with E-state index in [4.69, 9.17) is 9.05 Å². The van der Waals surface area contributed by atoms with Gasteiger partial charge in [-0.2, -0.15) is 0 Å². The first kappa shape index (κ1) is 26.6. The molecule has 3 aromatic carbocycles. The van der Waals surface area contributed by atoms with Crippen LogP contribution in [0.5, 0.6) is 0 Å². The van der Waals surface area contributed by atoms with E-state index in [-0.39, 0.29) is 0 Å². The first-order valence-corrected chi connectivity index (χ1v) is 15.4. The molecule has 0 aliphatic heterocycles. The summed E-state index contributed by atoms with van der Waals surface area (Å²) in [5.74, 6) is 1.15. The van der Waals surface area contributed by atoms with Crippen molar-refractivity contribution >= 4 is 25.3 Å². The molecule has 3 aliphatic rings. The molecule has 0 saturated carbocycles.